The fourth-order valence-corrected chi connectivity index (χ4v) is 2.87. The number of nitrogens with one attached hydrogen (secondary N) is 1. The van der Waals surface area contributed by atoms with Gasteiger partial charge < -0.3 is 19.9 Å². The number of hydrogen-bond donors (Lipinski definition) is 1. The molecule has 2 fully saturated rings. The highest BCUT2D eigenvalue weighted by atomic mass is 16.5. The number of likely N-dealkylation sites (N-methyl/N-ethyl adjacent to an activating group) is 1. The van der Waals surface area contributed by atoms with Crippen LogP contribution in [0.2, 0.25) is 0 Å². The van der Waals surface area contributed by atoms with Crippen LogP contribution in [0.25, 0.3) is 0 Å². The van der Waals surface area contributed by atoms with Crippen molar-refractivity contribution in [3.63, 3.8) is 0 Å². The second-order valence-corrected chi connectivity index (χ2v) is 6.22. The summed E-state index contributed by atoms with van der Waals surface area (Å²) in [5.41, 5.74) is 1.38. The lowest BCUT2D eigenvalue weighted by atomic mass is 10.1. The Morgan fingerprint density at radius 2 is 1.83 bits per heavy atom. The average molecular weight is 317 g/mol. The Kier molecular flexibility index (Phi) is 4.93. The second kappa shape index (κ2) is 7.10. The number of benzene rings is 1. The molecule has 0 aromatic heterocycles. The maximum Gasteiger partial charge on any atom is 0.253 e. The van der Waals surface area contributed by atoms with Crippen molar-refractivity contribution >= 4 is 17.5 Å². The van der Waals surface area contributed by atoms with Crippen LogP contribution in [-0.2, 0) is 9.53 Å². The molecule has 1 unspecified atom stereocenters. The molecular weight excluding hydrogens is 294 g/mol. The van der Waals surface area contributed by atoms with E-state index in [1.807, 2.05) is 4.90 Å². The van der Waals surface area contributed by atoms with E-state index in [1.165, 1.54) is 0 Å². The normalized spacial score (nSPS) is 22.1. The van der Waals surface area contributed by atoms with Crippen LogP contribution in [0.1, 0.15) is 16.8 Å². The summed E-state index contributed by atoms with van der Waals surface area (Å²) < 4.78 is 5.23. The van der Waals surface area contributed by atoms with Crippen LogP contribution in [0.15, 0.2) is 24.3 Å². The third-order valence-electron chi connectivity index (χ3n) is 4.49. The number of rotatable bonds is 3. The van der Waals surface area contributed by atoms with Gasteiger partial charge in [0.2, 0.25) is 5.91 Å². The number of nitrogens with zero attached hydrogens (tertiary/aromatic N) is 2. The molecule has 1 aromatic carbocycles. The summed E-state index contributed by atoms with van der Waals surface area (Å²) in [6.45, 7) is 4.47. The van der Waals surface area contributed by atoms with Crippen molar-refractivity contribution < 1.29 is 14.3 Å². The van der Waals surface area contributed by atoms with Crippen LogP contribution in [0.3, 0.4) is 0 Å². The van der Waals surface area contributed by atoms with Gasteiger partial charge in [-0.25, -0.2) is 0 Å². The lowest BCUT2D eigenvalue weighted by molar-refractivity contribution is -0.119. The zero-order valence-corrected chi connectivity index (χ0v) is 13.5. The second-order valence-electron chi connectivity index (χ2n) is 6.22. The number of ether oxygens (including phenoxy) is 1. The Labute approximate surface area is 136 Å². The third-order valence-corrected chi connectivity index (χ3v) is 4.49. The van der Waals surface area contributed by atoms with Gasteiger partial charge >= 0.3 is 0 Å². The first kappa shape index (κ1) is 16.0. The number of carbonyl (C=O) groups is 2. The molecule has 0 aliphatic carbocycles. The molecule has 23 heavy (non-hydrogen) atoms. The number of hydrogen-bond acceptors (Lipinski definition) is 4. The van der Waals surface area contributed by atoms with Gasteiger partial charge in [0.05, 0.1) is 12.5 Å². The molecule has 0 saturated carbocycles. The molecule has 2 heterocycles. The molecule has 2 aliphatic rings. The first-order valence-corrected chi connectivity index (χ1v) is 8.10. The standard InChI is InChI=1S/C17H23N3O3/c1-19-7-9-20(10-8-19)17(22)13-2-4-15(5-3-13)18-16(21)14-6-11-23-12-14/h2-5,14H,6-12H2,1H3,(H,18,21). The molecule has 2 aliphatic heterocycles. The van der Waals surface area contributed by atoms with Gasteiger partial charge in [0.1, 0.15) is 0 Å². The Hall–Kier alpha value is -1.92. The number of piperazine rings is 1. The molecule has 6 nitrogen and oxygen atoms in total. The molecule has 1 N–H and O–H groups in total. The molecule has 124 valence electrons. The van der Waals surface area contributed by atoms with Crippen LogP contribution < -0.4 is 5.32 Å². The van der Waals surface area contributed by atoms with Crippen molar-refractivity contribution in [2.24, 2.45) is 5.92 Å². The zero-order valence-electron chi connectivity index (χ0n) is 13.5. The van der Waals surface area contributed by atoms with E-state index < -0.39 is 0 Å². The quantitative estimate of drug-likeness (QED) is 0.905. The highest BCUT2D eigenvalue weighted by Gasteiger charge is 2.24. The van der Waals surface area contributed by atoms with E-state index in [9.17, 15) is 9.59 Å². The van der Waals surface area contributed by atoms with E-state index in [0.29, 0.717) is 18.8 Å². The zero-order chi connectivity index (χ0) is 16.2. The van der Waals surface area contributed by atoms with E-state index in [4.69, 9.17) is 4.74 Å². The van der Waals surface area contributed by atoms with Gasteiger partial charge in [-0.15, -0.1) is 0 Å². The van der Waals surface area contributed by atoms with E-state index >= 15 is 0 Å². The Balaban J connectivity index is 1.58. The topological polar surface area (TPSA) is 61.9 Å². The average Bonchev–Trinajstić information content (AvgIpc) is 3.10. The van der Waals surface area contributed by atoms with Crippen LogP contribution in [0.5, 0.6) is 0 Å². The summed E-state index contributed by atoms with van der Waals surface area (Å²) in [5, 5.41) is 2.88. The van der Waals surface area contributed by atoms with Gasteiger partial charge in [-0.05, 0) is 37.7 Å². The maximum absolute atomic E-state index is 12.5. The van der Waals surface area contributed by atoms with Crippen molar-refractivity contribution in [2.75, 3.05) is 51.8 Å². The Bertz CT molecular complexity index is 559. The summed E-state index contributed by atoms with van der Waals surface area (Å²) in [6, 6.07) is 7.14. The number of carbonyl (C=O) groups excluding carboxylic acids is 2. The maximum atomic E-state index is 12.5. The van der Waals surface area contributed by atoms with Crippen molar-refractivity contribution in [1.82, 2.24) is 9.80 Å². The highest BCUT2D eigenvalue weighted by molar-refractivity contribution is 5.96. The first-order chi connectivity index (χ1) is 11.1. The van der Waals surface area contributed by atoms with Gasteiger partial charge in [-0.3, -0.25) is 9.59 Å². The van der Waals surface area contributed by atoms with Crippen LogP contribution in [0.4, 0.5) is 5.69 Å². The van der Waals surface area contributed by atoms with Gasteiger partial charge in [0.25, 0.3) is 5.91 Å². The summed E-state index contributed by atoms with van der Waals surface area (Å²) in [6.07, 6.45) is 0.770. The number of amides is 2. The van der Waals surface area contributed by atoms with E-state index in [1.54, 1.807) is 24.3 Å². The molecular formula is C17H23N3O3. The summed E-state index contributed by atoms with van der Waals surface area (Å²) >= 11 is 0. The smallest absolute Gasteiger partial charge is 0.253 e. The summed E-state index contributed by atoms with van der Waals surface area (Å²) in [4.78, 5) is 28.6. The van der Waals surface area contributed by atoms with Gasteiger partial charge in [0.15, 0.2) is 0 Å². The van der Waals surface area contributed by atoms with E-state index in [2.05, 4.69) is 17.3 Å². The fourth-order valence-electron chi connectivity index (χ4n) is 2.87. The highest BCUT2D eigenvalue weighted by Crippen LogP contribution is 2.17. The monoisotopic (exact) mass is 317 g/mol. The minimum atomic E-state index is -0.0679. The van der Waals surface area contributed by atoms with E-state index in [0.717, 1.165) is 38.3 Å². The lowest BCUT2D eigenvalue weighted by Gasteiger charge is -2.32. The van der Waals surface area contributed by atoms with Gasteiger partial charge in [-0.1, -0.05) is 0 Å². The van der Waals surface area contributed by atoms with Gasteiger partial charge in [0, 0.05) is 44.0 Å². The minimum absolute atomic E-state index is 0.0133. The predicted molar refractivity (Wildman–Crippen MR) is 87.4 cm³/mol. The molecule has 0 bridgehead atoms. The molecule has 0 radical (unpaired) electrons. The fraction of sp³-hybridized carbons (Fsp3) is 0.529. The molecule has 3 rings (SSSR count). The van der Waals surface area contributed by atoms with E-state index in [-0.39, 0.29) is 17.7 Å². The van der Waals surface area contributed by atoms with Crippen molar-refractivity contribution in [1.29, 1.82) is 0 Å². The van der Waals surface area contributed by atoms with Crippen LogP contribution >= 0.6 is 0 Å². The molecule has 1 atom stereocenters. The third kappa shape index (κ3) is 3.89. The number of anilines is 1. The predicted octanol–water partition coefficient (Wildman–Crippen LogP) is 1.05. The molecule has 6 heteroatoms. The summed E-state index contributed by atoms with van der Waals surface area (Å²) in [5.74, 6) is -0.0255. The largest absolute Gasteiger partial charge is 0.381 e. The first-order valence-electron chi connectivity index (χ1n) is 8.10. The molecule has 2 amide bonds. The SMILES string of the molecule is CN1CCN(C(=O)c2ccc(NC(=O)C3CCOC3)cc2)CC1. The summed E-state index contributed by atoms with van der Waals surface area (Å²) in [7, 11) is 2.06. The minimum Gasteiger partial charge on any atom is -0.381 e. The van der Waals surface area contributed by atoms with Crippen molar-refractivity contribution in [2.45, 2.75) is 6.42 Å². The van der Waals surface area contributed by atoms with Crippen LogP contribution in [0, 0.1) is 5.92 Å². The van der Waals surface area contributed by atoms with Gasteiger partial charge in [-0.2, -0.15) is 0 Å². The lowest BCUT2D eigenvalue weighted by Crippen LogP contribution is -2.47. The van der Waals surface area contributed by atoms with Crippen molar-refractivity contribution in [3.05, 3.63) is 29.8 Å². The molecule has 1 aromatic rings. The van der Waals surface area contributed by atoms with Crippen LogP contribution in [-0.4, -0.2) is 68.1 Å². The molecule has 2 saturated heterocycles. The Morgan fingerprint density at radius 3 is 2.43 bits per heavy atom. The molecule has 0 spiro atoms. The Morgan fingerprint density at radius 1 is 1.13 bits per heavy atom. The van der Waals surface area contributed by atoms with Crippen molar-refractivity contribution in [3.8, 4) is 0 Å².